The highest BCUT2D eigenvalue weighted by Gasteiger charge is 2.46. The Balaban J connectivity index is 2.08. The molecule has 0 aliphatic carbocycles. The fraction of sp³-hybridized carbons (Fsp3) is 0.615. The van der Waals surface area contributed by atoms with Crippen molar-refractivity contribution in [2.75, 3.05) is 13.2 Å². The molecular formula is C26H38N2O9. The standard InChI is InChI=1S/C26H38N2O9/c1-7-33-26(32)34-13-20-21(29)22(30)23(31)25(36-20)37-24-19(16(6)28(27-24)14(2)3)12-17-8-10-18(11-9-17)35-15(4)5/h8-11,14-15,20-23,25,29-31H,7,12-13H2,1-6H3/t20-,21-,22+,23-,25+/m1/s1/i2D3,3D3,4D3,5D3,14D,15D. The molecule has 1 saturated heterocycles. The van der Waals surface area contributed by atoms with Crippen molar-refractivity contribution in [1.29, 1.82) is 0 Å². The maximum atomic E-state index is 11.7. The molecule has 0 unspecified atom stereocenters. The first-order chi connectivity index (χ1) is 23.1. The summed E-state index contributed by atoms with van der Waals surface area (Å²) in [6.45, 7) is -11.8. The van der Waals surface area contributed by atoms with Crippen LogP contribution >= 0.6 is 0 Å². The van der Waals surface area contributed by atoms with Gasteiger partial charge in [0.05, 0.1) is 15.4 Å². The van der Waals surface area contributed by atoms with Crippen LogP contribution in [0.3, 0.4) is 0 Å². The van der Waals surface area contributed by atoms with Crippen molar-refractivity contribution in [3.8, 4) is 11.6 Å². The topological polar surface area (TPSA) is 142 Å². The molecule has 0 amide bonds. The molecule has 0 spiro atoms. The second-order valence-electron chi connectivity index (χ2n) is 8.01. The lowest BCUT2D eigenvalue weighted by molar-refractivity contribution is -0.278. The summed E-state index contributed by atoms with van der Waals surface area (Å²) in [6.07, 6.45) is -13.9. The van der Waals surface area contributed by atoms with Crippen LogP contribution in [-0.4, -0.2) is 81.3 Å². The third kappa shape index (κ3) is 7.13. The van der Waals surface area contributed by atoms with Gasteiger partial charge in [0.25, 0.3) is 0 Å². The molecule has 11 nitrogen and oxygen atoms in total. The van der Waals surface area contributed by atoms with Gasteiger partial charge in [0, 0.05) is 40.1 Å². The molecule has 0 saturated carbocycles. The lowest BCUT2D eigenvalue weighted by Gasteiger charge is -2.39. The second kappa shape index (κ2) is 12.6. The largest absolute Gasteiger partial charge is 0.508 e. The molecule has 0 radical (unpaired) electrons. The van der Waals surface area contributed by atoms with Gasteiger partial charge < -0.3 is 39.0 Å². The Labute approximate surface area is 236 Å². The van der Waals surface area contributed by atoms with Crippen molar-refractivity contribution in [3.05, 3.63) is 41.1 Å². The van der Waals surface area contributed by atoms with Gasteiger partial charge in [-0.05, 0) is 59.0 Å². The smallest absolute Gasteiger partial charge is 0.491 e. The minimum atomic E-state index is -3.51. The van der Waals surface area contributed by atoms with E-state index in [2.05, 4.69) is 9.84 Å². The van der Waals surface area contributed by atoms with Gasteiger partial charge in [0.1, 0.15) is 36.8 Å². The first kappa shape index (κ1) is 14.9. The van der Waals surface area contributed by atoms with E-state index < -0.39 is 88.9 Å². The molecule has 5 atom stereocenters. The van der Waals surface area contributed by atoms with E-state index in [0.717, 1.165) is 12.1 Å². The molecule has 3 N–H and O–H groups in total. The van der Waals surface area contributed by atoms with Crippen LogP contribution < -0.4 is 9.47 Å². The Morgan fingerprint density at radius 1 is 1.14 bits per heavy atom. The summed E-state index contributed by atoms with van der Waals surface area (Å²) < 4.78 is 136. The molecule has 2 heterocycles. The highest BCUT2D eigenvalue weighted by atomic mass is 16.7. The van der Waals surface area contributed by atoms with Gasteiger partial charge in [0.15, 0.2) is 0 Å². The number of hydrogen-bond acceptors (Lipinski definition) is 10. The lowest BCUT2D eigenvalue weighted by atomic mass is 9.99. The zero-order valence-corrected chi connectivity index (χ0v) is 20.0. The molecule has 206 valence electrons. The highest BCUT2D eigenvalue weighted by Crippen LogP contribution is 2.31. The summed E-state index contributed by atoms with van der Waals surface area (Å²) in [4.78, 5) is 11.7. The number of aliphatic hydroxyl groups is 3. The normalized spacial score (nSPS) is 31.3. The van der Waals surface area contributed by atoms with Gasteiger partial charge in [-0.3, -0.25) is 4.68 Å². The van der Waals surface area contributed by atoms with E-state index in [1.54, 1.807) is 0 Å². The zero-order valence-electron chi connectivity index (χ0n) is 34.0. The summed E-state index contributed by atoms with van der Waals surface area (Å²) in [6, 6.07) is 1.53. The van der Waals surface area contributed by atoms with E-state index >= 15 is 0 Å². The quantitative estimate of drug-likeness (QED) is 0.388. The molecule has 11 heteroatoms. The van der Waals surface area contributed by atoms with Crippen LogP contribution in [0.4, 0.5) is 4.79 Å². The number of hydrogen-bond donors (Lipinski definition) is 3. The van der Waals surface area contributed by atoms with Gasteiger partial charge in [-0.2, -0.15) is 0 Å². The maximum absolute atomic E-state index is 11.7. The van der Waals surface area contributed by atoms with Crippen LogP contribution in [-0.2, 0) is 20.6 Å². The molecular weight excluding hydrogens is 484 g/mol. The van der Waals surface area contributed by atoms with Crippen LogP contribution in [0.2, 0.25) is 0 Å². The molecule has 1 aliphatic heterocycles. The van der Waals surface area contributed by atoms with Crippen molar-refractivity contribution in [3.63, 3.8) is 0 Å². The number of rotatable bonds is 10. The average Bonchev–Trinajstić information content (AvgIpc) is 3.29. The molecule has 2 aromatic rings. The van der Waals surface area contributed by atoms with Crippen molar-refractivity contribution in [2.45, 2.75) is 90.5 Å². The maximum Gasteiger partial charge on any atom is 0.508 e. The van der Waals surface area contributed by atoms with E-state index in [9.17, 15) is 20.1 Å². The summed E-state index contributed by atoms with van der Waals surface area (Å²) in [5, 5.41) is 35.6. The Morgan fingerprint density at radius 2 is 1.86 bits per heavy atom. The van der Waals surface area contributed by atoms with Crippen LogP contribution in [0.5, 0.6) is 11.6 Å². The van der Waals surface area contributed by atoms with Crippen molar-refractivity contribution in [1.82, 2.24) is 9.78 Å². The fourth-order valence-corrected chi connectivity index (χ4v) is 3.59. The predicted octanol–water partition coefficient (Wildman–Crippen LogP) is 2.51. The van der Waals surface area contributed by atoms with Crippen molar-refractivity contribution >= 4 is 6.16 Å². The lowest BCUT2D eigenvalue weighted by Crippen LogP contribution is -2.60. The van der Waals surface area contributed by atoms with E-state index in [1.807, 2.05) is 0 Å². The van der Waals surface area contributed by atoms with Crippen LogP contribution in [0.15, 0.2) is 24.3 Å². The Bertz CT molecular complexity index is 1480. The average molecular weight is 537 g/mol. The van der Waals surface area contributed by atoms with Crippen LogP contribution in [0.1, 0.15) is 76.4 Å². The summed E-state index contributed by atoms with van der Waals surface area (Å²) in [7, 11) is 0. The number of aliphatic hydroxyl groups excluding tert-OH is 3. The Morgan fingerprint density at radius 3 is 2.51 bits per heavy atom. The Hall–Kier alpha value is -2.86. The highest BCUT2D eigenvalue weighted by molar-refractivity contribution is 5.59. The van der Waals surface area contributed by atoms with E-state index in [0.29, 0.717) is 10.2 Å². The minimum absolute atomic E-state index is 0.0417. The predicted molar refractivity (Wildman–Crippen MR) is 133 cm³/mol. The molecule has 0 bridgehead atoms. The molecule has 1 aromatic heterocycles. The fourth-order valence-electron chi connectivity index (χ4n) is 3.59. The first-order valence-corrected chi connectivity index (χ1v) is 11.1. The SMILES string of the molecule is [2H]C([2H])([2H])C([2H])(Oc1ccc(Cc2c(O[C@@H]3O[C@H](COC(=O)OCC)[C@@H](O)[C@H](O)[C@H]3O)nn(C([2H])(C([2H])([2H])[2H])C([2H])([2H])[2H])c2C)cc1)C([2H])([2H])[2H]. The van der Waals surface area contributed by atoms with Crippen LogP contribution in [0, 0.1) is 6.92 Å². The van der Waals surface area contributed by atoms with Gasteiger partial charge in [-0.15, -0.1) is 5.10 Å². The first-order valence-electron chi connectivity index (χ1n) is 18.1. The third-order valence-electron chi connectivity index (χ3n) is 5.46. The molecule has 1 fully saturated rings. The number of ether oxygens (including phenoxy) is 5. The molecule has 1 aromatic carbocycles. The van der Waals surface area contributed by atoms with Gasteiger partial charge in [-0.1, -0.05) is 12.1 Å². The van der Waals surface area contributed by atoms with Crippen molar-refractivity contribution in [2.24, 2.45) is 0 Å². The van der Waals surface area contributed by atoms with E-state index in [4.69, 9.17) is 38.1 Å². The summed E-state index contributed by atoms with van der Waals surface area (Å²) in [5.41, 5.74) is 0.0211. The number of carbonyl (C=O) groups excluding carboxylic acids is 1. The number of nitrogens with zero attached hydrogens (tertiary/aromatic N) is 2. The minimum Gasteiger partial charge on any atom is -0.491 e. The zero-order chi connectivity index (χ0) is 39.1. The van der Waals surface area contributed by atoms with Gasteiger partial charge >= 0.3 is 6.16 Å². The summed E-state index contributed by atoms with van der Waals surface area (Å²) >= 11 is 0. The third-order valence-corrected chi connectivity index (χ3v) is 5.46. The van der Waals surface area contributed by atoms with E-state index in [1.165, 1.54) is 26.0 Å². The monoisotopic (exact) mass is 536 g/mol. The number of aromatic nitrogens is 2. The van der Waals surface area contributed by atoms with Crippen molar-refractivity contribution < 1.29 is 63.0 Å². The number of carbonyl (C=O) groups is 1. The van der Waals surface area contributed by atoms with Gasteiger partial charge in [-0.25, -0.2) is 4.79 Å². The summed E-state index contributed by atoms with van der Waals surface area (Å²) in [5.74, 6) is -0.896. The Kier molecular flexibility index (Phi) is 5.08. The van der Waals surface area contributed by atoms with Gasteiger partial charge in [0.2, 0.25) is 12.2 Å². The van der Waals surface area contributed by atoms with E-state index in [-0.39, 0.29) is 30.0 Å². The molecule has 1 aliphatic rings. The molecule has 3 rings (SSSR count). The second-order valence-corrected chi connectivity index (χ2v) is 8.01. The number of benzene rings is 1. The molecule has 37 heavy (non-hydrogen) atoms. The van der Waals surface area contributed by atoms with Crippen LogP contribution in [0.25, 0.3) is 0 Å².